The molecular formula is C18H24N2O. The van der Waals surface area contributed by atoms with Gasteiger partial charge in [-0.1, -0.05) is 51.1 Å². The maximum absolute atomic E-state index is 12.0. The number of fused-ring (bicyclic) bond motifs is 2. The van der Waals surface area contributed by atoms with E-state index in [4.69, 9.17) is 0 Å². The van der Waals surface area contributed by atoms with Crippen LogP contribution in [0.3, 0.4) is 0 Å². The first-order valence-corrected chi connectivity index (χ1v) is 7.83. The number of nitrogens with one attached hydrogen (secondary N) is 1. The maximum atomic E-state index is 12.0. The molecule has 1 aromatic carbocycles. The smallest absolute Gasteiger partial charge is 0.244 e. The first-order chi connectivity index (χ1) is 9.93. The van der Waals surface area contributed by atoms with Gasteiger partial charge in [-0.25, -0.2) is 5.43 Å². The second kappa shape index (κ2) is 4.97. The summed E-state index contributed by atoms with van der Waals surface area (Å²) in [7, 11) is 0. The fourth-order valence-corrected chi connectivity index (χ4v) is 4.05. The summed E-state index contributed by atoms with van der Waals surface area (Å²) in [6.07, 6.45) is 3.91. The molecule has 2 bridgehead atoms. The van der Waals surface area contributed by atoms with Crippen LogP contribution in [0, 0.1) is 16.7 Å². The van der Waals surface area contributed by atoms with E-state index in [-0.39, 0.29) is 11.3 Å². The van der Waals surface area contributed by atoms with Crippen LogP contribution < -0.4 is 5.43 Å². The number of hydrogen-bond acceptors (Lipinski definition) is 2. The van der Waals surface area contributed by atoms with Gasteiger partial charge in [0.1, 0.15) is 0 Å². The molecule has 112 valence electrons. The predicted molar refractivity (Wildman–Crippen MR) is 85.0 cm³/mol. The van der Waals surface area contributed by atoms with Crippen molar-refractivity contribution in [3.63, 3.8) is 0 Å². The Balaban J connectivity index is 1.66. The highest BCUT2D eigenvalue weighted by Gasteiger charge is 2.59. The number of benzene rings is 1. The molecule has 3 heteroatoms. The van der Waals surface area contributed by atoms with Gasteiger partial charge in [0.15, 0.2) is 0 Å². The van der Waals surface area contributed by atoms with Gasteiger partial charge >= 0.3 is 0 Å². The number of hydrogen-bond donors (Lipinski definition) is 1. The molecule has 1 amide bonds. The SMILES string of the molecule is CC1(C)[C@H]2CC[C@]1(C)C(=NNC(=O)Cc1ccccc1)C2. The summed E-state index contributed by atoms with van der Waals surface area (Å²) >= 11 is 0. The molecule has 2 fully saturated rings. The fourth-order valence-electron chi connectivity index (χ4n) is 4.05. The van der Waals surface area contributed by atoms with Crippen molar-refractivity contribution in [2.45, 2.75) is 46.5 Å². The van der Waals surface area contributed by atoms with E-state index < -0.39 is 0 Å². The zero-order valence-corrected chi connectivity index (χ0v) is 13.1. The van der Waals surface area contributed by atoms with Crippen LogP contribution >= 0.6 is 0 Å². The Hall–Kier alpha value is -1.64. The van der Waals surface area contributed by atoms with E-state index in [2.05, 4.69) is 31.3 Å². The molecule has 0 aliphatic heterocycles. The van der Waals surface area contributed by atoms with Crippen molar-refractivity contribution in [3.05, 3.63) is 35.9 Å². The Bertz CT molecular complexity index is 576. The third-order valence-electron chi connectivity index (χ3n) is 6.04. The highest BCUT2D eigenvalue weighted by atomic mass is 16.2. The monoisotopic (exact) mass is 284 g/mol. The van der Waals surface area contributed by atoms with Crippen LogP contribution in [0.2, 0.25) is 0 Å². The topological polar surface area (TPSA) is 41.5 Å². The van der Waals surface area contributed by atoms with Gasteiger partial charge < -0.3 is 0 Å². The Labute approximate surface area is 126 Å². The highest BCUT2D eigenvalue weighted by molar-refractivity contribution is 5.95. The molecule has 0 spiro atoms. The molecule has 1 N–H and O–H groups in total. The summed E-state index contributed by atoms with van der Waals surface area (Å²) < 4.78 is 0. The van der Waals surface area contributed by atoms with Crippen molar-refractivity contribution in [3.8, 4) is 0 Å². The molecule has 2 atom stereocenters. The molecule has 0 saturated heterocycles. The van der Waals surface area contributed by atoms with Gasteiger partial charge in [0.05, 0.1) is 6.42 Å². The lowest BCUT2D eigenvalue weighted by Crippen LogP contribution is -2.34. The van der Waals surface area contributed by atoms with E-state index in [1.165, 1.54) is 18.6 Å². The number of carbonyl (C=O) groups is 1. The molecule has 2 saturated carbocycles. The van der Waals surface area contributed by atoms with Crippen molar-refractivity contribution in [2.75, 3.05) is 0 Å². The summed E-state index contributed by atoms with van der Waals surface area (Å²) in [5, 5.41) is 4.49. The van der Waals surface area contributed by atoms with E-state index >= 15 is 0 Å². The number of rotatable bonds is 3. The van der Waals surface area contributed by atoms with Crippen LogP contribution in [0.1, 0.15) is 45.6 Å². The van der Waals surface area contributed by atoms with Crippen molar-refractivity contribution in [1.82, 2.24) is 5.43 Å². The first kappa shape index (κ1) is 14.3. The second-order valence-electron chi connectivity index (χ2n) is 7.25. The molecule has 2 aliphatic rings. The summed E-state index contributed by atoms with van der Waals surface area (Å²) in [5.41, 5.74) is 5.43. The third kappa shape index (κ3) is 2.29. The standard InChI is InChI=1S/C18H24N2O/c1-17(2)14-9-10-18(17,3)15(12-14)19-20-16(21)11-13-7-5-4-6-8-13/h4-8,14H,9-12H2,1-3H3,(H,20,21)/t14-,18+/m0/s1. The van der Waals surface area contributed by atoms with Gasteiger partial charge in [-0.15, -0.1) is 0 Å². The average Bonchev–Trinajstić information content (AvgIpc) is 2.79. The number of carbonyl (C=O) groups excluding carboxylic acids is 1. The lowest BCUT2D eigenvalue weighted by atomic mass is 9.70. The summed E-state index contributed by atoms with van der Waals surface area (Å²) in [6.45, 7) is 7.00. The van der Waals surface area contributed by atoms with Crippen LogP contribution in [0.5, 0.6) is 0 Å². The lowest BCUT2D eigenvalue weighted by Gasteiger charge is -2.34. The quantitative estimate of drug-likeness (QED) is 0.847. The molecule has 0 radical (unpaired) electrons. The number of nitrogens with zero attached hydrogens (tertiary/aromatic N) is 1. The molecular weight excluding hydrogens is 260 g/mol. The Morgan fingerprint density at radius 3 is 2.57 bits per heavy atom. The van der Waals surface area contributed by atoms with Crippen molar-refractivity contribution >= 4 is 11.6 Å². The van der Waals surface area contributed by atoms with E-state index in [0.29, 0.717) is 17.8 Å². The molecule has 3 nitrogen and oxygen atoms in total. The molecule has 0 unspecified atom stereocenters. The summed E-state index contributed by atoms with van der Waals surface area (Å²) in [6, 6.07) is 9.80. The first-order valence-electron chi connectivity index (χ1n) is 7.83. The average molecular weight is 284 g/mol. The molecule has 0 heterocycles. The molecule has 2 aliphatic carbocycles. The van der Waals surface area contributed by atoms with Gasteiger partial charge in [0, 0.05) is 11.1 Å². The molecule has 3 rings (SSSR count). The van der Waals surface area contributed by atoms with Crippen molar-refractivity contribution in [2.24, 2.45) is 21.8 Å². The molecule has 1 aromatic rings. The second-order valence-corrected chi connectivity index (χ2v) is 7.25. The van der Waals surface area contributed by atoms with Gasteiger partial charge in [-0.2, -0.15) is 5.10 Å². The highest BCUT2D eigenvalue weighted by Crippen LogP contribution is 2.63. The van der Waals surface area contributed by atoms with Crippen LogP contribution in [0.25, 0.3) is 0 Å². The minimum Gasteiger partial charge on any atom is -0.273 e. The number of amides is 1. The van der Waals surface area contributed by atoms with Crippen LogP contribution in [0.15, 0.2) is 35.4 Å². The zero-order valence-electron chi connectivity index (χ0n) is 13.1. The van der Waals surface area contributed by atoms with Crippen LogP contribution in [-0.2, 0) is 11.2 Å². The third-order valence-corrected chi connectivity index (χ3v) is 6.04. The Kier molecular flexibility index (Phi) is 3.39. The van der Waals surface area contributed by atoms with E-state index in [9.17, 15) is 4.79 Å². The van der Waals surface area contributed by atoms with Gasteiger partial charge in [0.25, 0.3) is 0 Å². The fraction of sp³-hybridized carbons (Fsp3) is 0.556. The number of hydrazone groups is 1. The minimum atomic E-state index is -0.0297. The van der Waals surface area contributed by atoms with E-state index in [0.717, 1.165) is 12.0 Å². The summed E-state index contributed by atoms with van der Waals surface area (Å²) in [5.74, 6) is 0.685. The van der Waals surface area contributed by atoms with Gasteiger partial charge in [-0.3, -0.25) is 4.79 Å². The summed E-state index contributed by atoms with van der Waals surface area (Å²) in [4.78, 5) is 12.0. The van der Waals surface area contributed by atoms with Gasteiger partial charge in [-0.05, 0) is 36.2 Å². The van der Waals surface area contributed by atoms with Crippen molar-refractivity contribution < 1.29 is 4.79 Å². The van der Waals surface area contributed by atoms with Crippen LogP contribution in [-0.4, -0.2) is 11.6 Å². The minimum absolute atomic E-state index is 0.0297. The predicted octanol–water partition coefficient (Wildman–Crippen LogP) is 3.55. The Morgan fingerprint density at radius 1 is 1.29 bits per heavy atom. The molecule has 21 heavy (non-hydrogen) atoms. The normalized spacial score (nSPS) is 31.6. The lowest BCUT2D eigenvalue weighted by molar-refractivity contribution is -0.120. The van der Waals surface area contributed by atoms with Crippen LogP contribution in [0.4, 0.5) is 0 Å². The van der Waals surface area contributed by atoms with E-state index in [1.54, 1.807) is 0 Å². The Morgan fingerprint density at radius 2 is 2.00 bits per heavy atom. The largest absolute Gasteiger partial charge is 0.273 e. The molecule has 0 aromatic heterocycles. The zero-order chi connectivity index (χ0) is 15.1. The van der Waals surface area contributed by atoms with Crippen molar-refractivity contribution in [1.29, 1.82) is 0 Å². The van der Waals surface area contributed by atoms with E-state index in [1.807, 2.05) is 30.3 Å². The van der Waals surface area contributed by atoms with Gasteiger partial charge in [0.2, 0.25) is 5.91 Å². The maximum Gasteiger partial charge on any atom is 0.244 e.